The Morgan fingerprint density at radius 2 is 2.29 bits per heavy atom. The van der Waals surface area contributed by atoms with Gasteiger partial charge >= 0.3 is 11.9 Å². The number of rotatable bonds is 4. The maximum atomic E-state index is 11.0. The number of carbonyl (C=O) groups is 2. The van der Waals surface area contributed by atoms with Crippen LogP contribution in [-0.4, -0.2) is 26.5 Å². The van der Waals surface area contributed by atoms with Crippen molar-refractivity contribution in [3.63, 3.8) is 0 Å². The summed E-state index contributed by atoms with van der Waals surface area (Å²) in [6.45, 7) is 1.77. The number of ether oxygens (including phenoxy) is 1. The molecule has 6 heteroatoms. The van der Waals surface area contributed by atoms with Gasteiger partial charge in [0.25, 0.3) is 0 Å². The van der Waals surface area contributed by atoms with E-state index in [1.807, 2.05) is 0 Å². The summed E-state index contributed by atoms with van der Waals surface area (Å²) < 4.78 is 23.4. The highest BCUT2D eigenvalue weighted by atomic mass is 32.2. The first-order valence-corrected chi connectivity index (χ1v) is 5.58. The molecule has 5 nitrogen and oxygen atoms in total. The van der Waals surface area contributed by atoms with Crippen molar-refractivity contribution in [2.75, 3.05) is 5.75 Å². The monoisotopic (exact) mass is 220 g/mol. The maximum Gasteiger partial charge on any atom is 0.317 e. The van der Waals surface area contributed by atoms with Crippen molar-refractivity contribution < 1.29 is 23.1 Å². The first-order chi connectivity index (χ1) is 6.49. The van der Waals surface area contributed by atoms with Crippen molar-refractivity contribution in [3.8, 4) is 0 Å². The lowest BCUT2D eigenvalue weighted by Crippen LogP contribution is -2.15. The molecule has 0 spiro atoms. The molecule has 0 amide bonds. The number of hydrogen-bond donors (Lipinski definition) is 1. The minimum atomic E-state index is -1.85. The van der Waals surface area contributed by atoms with E-state index >= 15 is 0 Å². The summed E-state index contributed by atoms with van der Waals surface area (Å²) in [6.07, 6.45) is 0.526. The van der Waals surface area contributed by atoms with Crippen molar-refractivity contribution in [2.45, 2.75) is 19.8 Å². The molecule has 1 aliphatic heterocycles. The van der Waals surface area contributed by atoms with E-state index in [-0.39, 0.29) is 18.1 Å². The van der Waals surface area contributed by atoms with Gasteiger partial charge in [-0.1, -0.05) is 6.92 Å². The molecule has 3 atom stereocenters. The van der Waals surface area contributed by atoms with Crippen LogP contribution in [0.15, 0.2) is 0 Å². The number of esters is 2. The third-order valence-corrected chi connectivity index (χ3v) is 2.93. The predicted molar refractivity (Wildman–Crippen MR) is 48.6 cm³/mol. The van der Waals surface area contributed by atoms with Gasteiger partial charge in [0.1, 0.15) is 0 Å². The summed E-state index contributed by atoms with van der Waals surface area (Å²) in [7, 11) is 0. The Morgan fingerprint density at radius 3 is 2.71 bits per heavy atom. The summed E-state index contributed by atoms with van der Waals surface area (Å²) in [5.74, 6) is -1.38. The largest absolute Gasteiger partial charge is 0.393 e. The molecule has 0 bridgehead atoms. The minimum Gasteiger partial charge on any atom is -0.393 e. The summed E-state index contributed by atoms with van der Waals surface area (Å²) in [4.78, 5) is 21.7. The Bertz CT molecular complexity index is 275. The van der Waals surface area contributed by atoms with Gasteiger partial charge in [0.05, 0.1) is 18.1 Å². The zero-order valence-corrected chi connectivity index (χ0v) is 8.58. The van der Waals surface area contributed by atoms with E-state index in [1.165, 1.54) is 0 Å². The van der Waals surface area contributed by atoms with Crippen molar-refractivity contribution >= 4 is 23.0 Å². The molecule has 0 aromatic heterocycles. The zero-order chi connectivity index (χ0) is 10.7. The standard InChI is InChI=1S/C8H12O5S/c1-5(4-14(11)12)2-6-3-7(9)13-8(6)10/h5-6H,2-4H2,1H3,(H,11,12). The summed E-state index contributed by atoms with van der Waals surface area (Å²) in [6, 6.07) is 0. The third kappa shape index (κ3) is 3.19. The topological polar surface area (TPSA) is 80.7 Å². The third-order valence-electron chi connectivity index (χ3n) is 2.07. The molecule has 1 N–H and O–H groups in total. The molecule has 1 saturated heterocycles. The molecule has 1 fully saturated rings. The maximum absolute atomic E-state index is 11.0. The van der Waals surface area contributed by atoms with Crippen LogP contribution in [0.5, 0.6) is 0 Å². The first kappa shape index (κ1) is 11.3. The molecule has 0 radical (unpaired) electrons. The smallest absolute Gasteiger partial charge is 0.317 e. The van der Waals surface area contributed by atoms with Gasteiger partial charge in [-0.3, -0.25) is 9.59 Å². The number of hydrogen-bond acceptors (Lipinski definition) is 4. The molecule has 1 heterocycles. The average Bonchev–Trinajstić information content (AvgIpc) is 2.28. The second kappa shape index (κ2) is 4.65. The molecule has 1 rings (SSSR count). The van der Waals surface area contributed by atoms with Gasteiger partial charge in [-0.25, -0.2) is 4.21 Å². The molecule has 0 aromatic carbocycles. The van der Waals surface area contributed by atoms with Gasteiger partial charge in [-0.05, 0) is 12.3 Å². The zero-order valence-electron chi connectivity index (χ0n) is 7.76. The second-order valence-electron chi connectivity index (χ2n) is 3.52. The van der Waals surface area contributed by atoms with Gasteiger partial charge in [0, 0.05) is 0 Å². The van der Waals surface area contributed by atoms with E-state index < -0.39 is 28.9 Å². The molecule has 14 heavy (non-hydrogen) atoms. The van der Waals surface area contributed by atoms with Crippen molar-refractivity contribution in [3.05, 3.63) is 0 Å². The van der Waals surface area contributed by atoms with Gasteiger partial charge in [-0.15, -0.1) is 0 Å². The highest BCUT2D eigenvalue weighted by Crippen LogP contribution is 2.23. The average molecular weight is 220 g/mol. The second-order valence-corrected chi connectivity index (χ2v) is 4.50. The molecule has 0 aromatic rings. The molecular weight excluding hydrogens is 208 g/mol. The van der Waals surface area contributed by atoms with E-state index in [2.05, 4.69) is 4.74 Å². The summed E-state index contributed by atoms with van der Waals surface area (Å²) >= 11 is -1.85. The van der Waals surface area contributed by atoms with E-state index in [9.17, 15) is 13.8 Å². The Balaban J connectivity index is 2.40. The van der Waals surface area contributed by atoms with E-state index in [0.29, 0.717) is 6.42 Å². The fourth-order valence-corrected chi connectivity index (χ4v) is 2.12. The van der Waals surface area contributed by atoms with Gasteiger partial charge in [0.15, 0.2) is 11.1 Å². The first-order valence-electron chi connectivity index (χ1n) is 4.31. The fourth-order valence-electron chi connectivity index (χ4n) is 1.50. The molecule has 1 aliphatic rings. The van der Waals surface area contributed by atoms with Gasteiger partial charge in [-0.2, -0.15) is 0 Å². The quantitative estimate of drug-likeness (QED) is 0.419. The predicted octanol–water partition coefficient (Wildman–Crippen LogP) is 0.324. The number of carbonyl (C=O) groups excluding carboxylic acids is 2. The summed E-state index contributed by atoms with van der Waals surface area (Å²) in [5, 5.41) is 0. The van der Waals surface area contributed by atoms with Crippen molar-refractivity contribution in [2.24, 2.45) is 11.8 Å². The Labute approximate surface area is 84.1 Å². The van der Waals surface area contributed by atoms with Crippen molar-refractivity contribution in [1.29, 1.82) is 0 Å². The van der Waals surface area contributed by atoms with E-state index in [0.717, 1.165) is 0 Å². The molecule has 3 unspecified atom stereocenters. The van der Waals surface area contributed by atoms with Crippen LogP contribution in [0.3, 0.4) is 0 Å². The highest BCUT2D eigenvalue weighted by Gasteiger charge is 2.34. The molecule has 0 aliphatic carbocycles. The minimum absolute atomic E-state index is 0.0655. The summed E-state index contributed by atoms with van der Waals surface area (Å²) in [5.41, 5.74) is 0. The van der Waals surface area contributed by atoms with E-state index in [1.54, 1.807) is 6.92 Å². The van der Waals surface area contributed by atoms with Crippen LogP contribution in [0.1, 0.15) is 19.8 Å². The number of cyclic esters (lactones) is 2. The highest BCUT2D eigenvalue weighted by molar-refractivity contribution is 7.79. The van der Waals surface area contributed by atoms with Crippen LogP contribution in [0.2, 0.25) is 0 Å². The lowest BCUT2D eigenvalue weighted by atomic mass is 9.96. The lowest BCUT2D eigenvalue weighted by Gasteiger charge is -2.10. The lowest BCUT2D eigenvalue weighted by molar-refractivity contribution is -0.153. The van der Waals surface area contributed by atoms with E-state index in [4.69, 9.17) is 4.55 Å². The van der Waals surface area contributed by atoms with Crippen LogP contribution in [0.4, 0.5) is 0 Å². The van der Waals surface area contributed by atoms with Crippen LogP contribution in [0.25, 0.3) is 0 Å². The van der Waals surface area contributed by atoms with Crippen LogP contribution in [0, 0.1) is 11.8 Å². The Morgan fingerprint density at radius 1 is 1.64 bits per heavy atom. The molecule has 0 saturated carbocycles. The fraction of sp³-hybridized carbons (Fsp3) is 0.750. The van der Waals surface area contributed by atoms with Gasteiger partial charge in [0.2, 0.25) is 0 Å². The van der Waals surface area contributed by atoms with Crippen LogP contribution >= 0.6 is 0 Å². The Kier molecular flexibility index (Phi) is 3.77. The van der Waals surface area contributed by atoms with Crippen LogP contribution in [-0.2, 0) is 25.4 Å². The Hall–Kier alpha value is -0.750. The SMILES string of the molecule is CC(CC1CC(=O)OC1=O)CS(=O)O. The van der Waals surface area contributed by atoms with Crippen molar-refractivity contribution in [1.82, 2.24) is 0 Å². The molecule has 80 valence electrons. The van der Waals surface area contributed by atoms with Crippen LogP contribution < -0.4 is 0 Å². The molecular formula is C8H12O5S. The normalized spacial score (nSPS) is 26.0. The van der Waals surface area contributed by atoms with Gasteiger partial charge < -0.3 is 9.29 Å².